The fourth-order valence-corrected chi connectivity index (χ4v) is 8.01. The normalized spacial score (nSPS) is 13.3. The van der Waals surface area contributed by atoms with Gasteiger partial charge in [-0.05, 0) is 54.0 Å². The van der Waals surface area contributed by atoms with Crippen LogP contribution in [0, 0.1) is 0 Å². The van der Waals surface area contributed by atoms with E-state index in [0.717, 1.165) is 49.4 Å². The van der Waals surface area contributed by atoms with Crippen LogP contribution in [0.1, 0.15) is 8.22 Å². The molecule has 0 amide bonds. The summed E-state index contributed by atoms with van der Waals surface area (Å²) >= 11 is 0. The number of hydrogen-bond donors (Lipinski definition) is 0. The minimum Gasteiger partial charge on any atom is -0.456 e. The van der Waals surface area contributed by atoms with Crippen molar-refractivity contribution in [2.24, 2.45) is 0 Å². The predicted octanol–water partition coefficient (Wildman–Crippen LogP) is 13.4. The number of nitrogens with zero attached hydrogens (tertiary/aromatic N) is 4. The minimum atomic E-state index is -0.206. The van der Waals surface area contributed by atoms with Crippen LogP contribution in [0.4, 0.5) is 0 Å². The second kappa shape index (κ2) is 12.3. The van der Waals surface area contributed by atoms with Crippen LogP contribution in [0.15, 0.2) is 191 Å². The molecule has 0 saturated carbocycles. The highest BCUT2D eigenvalue weighted by Crippen LogP contribution is 2.41. The van der Waals surface area contributed by atoms with Gasteiger partial charge in [0.2, 0.25) is 0 Å². The molecule has 12 rings (SSSR count). The van der Waals surface area contributed by atoms with Gasteiger partial charge in [-0.25, -0.2) is 15.0 Å². The second-order valence-electron chi connectivity index (χ2n) is 13.9. The summed E-state index contributed by atoms with van der Waals surface area (Å²) in [5.41, 5.74) is 7.22. The van der Waals surface area contributed by atoms with Crippen LogP contribution in [0.2, 0.25) is 0 Å². The van der Waals surface area contributed by atoms with Crippen molar-refractivity contribution in [2.75, 3.05) is 0 Å². The molecule has 4 aromatic heterocycles. The van der Waals surface area contributed by atoms with E-state index in [1.54, 1.807) is 4.57 Å². The first kappa shape index (κ1) is 26.1. The Morgan fingerprint density at radius 2 is 1.02 bits per heavy atom. The Hall–Kier alpha value is -7.83. The van der Waals surface area contributed by atoms with Crippen LogP contribution in [-0.4, -0.2) is 19.5 Å². The first-order valence-electron chi connectivity index (χ1n) is 21.5. The molecule has 6 nitrogen and oxygen atoms in total. The summed E-state index contributed by atoms with van der Waals surface area (Å²) in [6.45, 7) is 0. The molecule has 0 unspecified atom stereocenters. The minimum absolute atomic E-state index is 0.0799. The van der Waals surface area contributed by atoms with Gasteiger partial charge in [-0.2, -0.15) is 0 Å². The zero-order valence-corrected chi connectivity index (χ0v) is 30.0. The third kappa shape index (κ3) is 4.94. The molecular formula is C51H30N4O2. The molecule has 0 radical (unpaired) electrons. The maximum Gasteiger partial charge on any atom is 0.166 e. The average molecular weight is 737 g/mol. The number of para-hydroxylation sites is 5. The Kier molecular flexibility index (Phi) is 5.64. The van der Waals surface area contributed by atoms with E-state index < -0.39 is 0 Å². The number of furan rings is 2. The number of aromatic nitrogens is 4. The Bertz CT molecular complexity index is 3820. The Balaban J connectivity index is 1.19. The van der Waals surface area contributed by atoms with Crippen LogP contribution in [0.3, 0.4) is 0 Å². The maximum absolute atomic E-state index is 9.32. The molecule has 0 N–H and O–H groups in total. The maximum atomic E-state index is 9.32. The number of rotatable bonds is 5. The van der Waals surface area contributed by atoms with E-state index in [0.29, 0.717) is 39.6 Å². The lowest BCUT2D eigenvalue weighted by atomic mass is 9.99. The molecule has 4 heterocycles. The van der Waals surface area contributed by atoms with Crippen molar-refractivity contribution in [3.05, 3.63) is 182 Å². The van der Waals surface area contributed by atoms with Gasteiger partial charge in [-0.1, -0.05) is 133 Å². The number of hydrogen-bond acceptors (Lipinski definition) is 5. The summed E-state index contributed by atoms with van der Waals surface area (Å²) in [4.78, 5) is 15.3. The zero-order valence-electron chi connectivity index (χ0n) is 36.0. The highest BCUT2D eigenvalue weighted by molar-refractivity contribution is 6.11. The van der Waals surface area contributed by atoms with E-state index in [-0.39, 0.29) is 63.9 Å². The molecule has 0 aliphatic carbocycles. The monoisotopic (exact) mass is 736 g/mol. The van der Waals surface area contributed by atoms with Crippen molar-refractivity contribution in [3.63, 3.8) is 0 Å². The van der Waals surface area contributed by atoms with Gasteiger partial charge in [0, 0.05) is 54.6 Å². The quantitative estimate of drug-likeness (QED) is 0.176. The molecular weight excluding hydrogens is 701 g/mol. The lowest BCUT2D eigenvalue weighted by molar-refractivity contribution is 0.669. The molecule has 12 aromatic rings. The van der Waals surface area contributed by atoms with Gasteiger partial charge in [-0.15, -0.1) is 0 Å². The summed E-state index contributed by atoms with van der Waals surface area (Å²) in [6, 6.07) is 44.6. The molecule has 6 heteroatoms. The third-order valence-electron chi connectivity index (χ3n) is 10.6. The van der Waals surface area contributed by atoms with Gasteiger partial charge in [-0.3, -0.25) is 0 Å². The van der Waals surface area contributed by atoms with E-state index in [9.17, 15) is 2.74 Å². The number of benzene rings is 8. The zero-order chi connectivity index (χ0) is 42.7. The van der Waals surface area contributed by atoms with Crippen molar-refractivity contribution in [3.8, 4) is 51.0 Å². The lowest BCUT2D eigenvalue weighted by Gasteiger charge is -2.16. The highest BCUT2D eigenvalue weighted by Gasteiger charge is 2.22. The first-order chi connectivity index (χ1) is 30.7. The average Bonchev–Trinajstić information content (AvgIpc) is 4.00. The summed E-state index contributed by atoms with van der Waals surface area (Å²) in [6.07, 6.45) is 0. The standard InChI is InChI=1S/C51H30N4O2/c1-2-13-31(14-3-1)49-52-50(33-26-27-39-37-17-6-10-23-45(37)56-47(39)30-33)54-51(53-49)41-28-25-32(34-19-12-20-40-38-18-7-11-24-46(38)57-48(34)40)29-44(41)55-42-21-8-4-15-35(42)36-16-5-9-22-43(36)55/h1-30H/i4D,5D,15D,16D,21D,22D. The second-order valence-corrected chi connectivity index (χ2v) is 13.9. The Morgan fingerprint density at radius 1 is 0.404 bits per heavy atom. The molecule has 0 atom stereocenters. The summed E-state index contributed by atoms with van der Waals surface area (Å²) in [5, 5.41) is 4.16. The lowest BCUT2D eigenvalue weighted by Crippen LogP contribution is -2.04. The highest BCUT2D eigenvalue weighted by atomic mass is 16.3. The van der Waals surface area contributed by atoms with Gasteiger partial charge in [0.25, 0.3) is 0 Å². The molecule has 0 bridgehead atoms. The van der Waals surface area contributed by atoms with Crippen molar-refractivity contribution in [1.29, 1.82) is 0 Å². The molecule has 57 heavy (non-hydrogen) atoms. The smallest absolute Gasteiger partial charge is 0.166 e. The third-order valence-corrected chi connectivity index (χ3v) is 10.6. The van der Waals surface area contributed by atoms with Crippen molar-refractivity contribution >= 4 is 65.7 Å². The Labute approximate surface area is 334 Å². The number of fused-ring (bicyclic) bond motifs is 9. The molecule has 0 aliphatic rings. The predicted molar refractivity (Wildman–Crippen MR) is 230 cm³/mol. The van der Waals surface area contributed by atoms with Gasteiger partial charge >= 0.3 is 0 Å². The SMILES string of the molecule is [2H]c1cc([2H])c2c(c1[2H])c1c([2H])c([2H])cc([2H])c1n2-c1cc(-c2cccc3c2oc2ccccc23)ccc1-c1nc(-c2ccccc2)nc(-c2ccc3c(c2)oc2ccccc23)n1. The first-order valence-corrected chi connectivity index (χ1v) is 18.5. The molecule has 0 fully saturated rings. The molecule has 0 aliphatic heterocycles. The molecule has 8 aromatic carbocycles. The van der Waals surface area contributed by atoms with E-state index in [4.69, 9.17) is 29.3 Å². The van der Waals surface area contributed by atoms with Crippen LogP contribution in [0.25, 0.3) is 117 Å². The van der Waals surface area contributed by atoms with E-state index in [2.05, 4.69) is 0 Å². The van der Waals surface area contributed by atoms with E-state index in [1.165, 1.54) is 12.1 Å². The molecule has 0 spiro atoms. The Morgan fingerprint density at radius 3 is 1.79 bits per heavy atom. The summed E-state index contributed by atoms with van der Waals surface area (Å²) in [7, 11) is 0. The molecule has 0 saturated heterocycles. The van der Waals surface area contributed by atoms with Gasteiger partial charge in [0.05, 0.1) is 24.9 Å². The topological polar surface area (TPSA) is 69.9 Å². The van der Waals surface area contributed by atoms with Crippen LogP contribution in [-0.2, 0) is 0 Å². The van der Waals surface area contributed by atoms with Crippen molar-refractivity contribution in [2.45, 2.75) is 0 Å². The van der Waals surface area contributed by atoms with Gasteiger partial charge in [0.15, 0.2) is 17.5 Å². The van der Waals surface area contributed by atoms with Crippen molar-refractivity contribution in [1.82, 2.24) is 19.5 Å². The molecule has 266 valence electrons. The summed E-state index contributed by atoms with van der Waals surface area (Å²) in [5.74, 6) is 1.07. The van der Waals surface area contributed by atoms with Gasteiger partial charge < -0.3 is 13.4 Å². The van der Waals surface area contributed by atoms with Crippen molar-refractivity contribution < 1.29 is 17.1 Å². The fraction of sp³-hybridized carbons (Fsp3) is 0. The van der Waals surface area contributed by atoms with Crippen LogP contribution in [0.5, 0.6) is 0 Å². The van der Waals surface area contributed by atoms with Gasteiger partial charge in [0.1, 0.15) is 22.3 Å². The van der Waals surface area contributed by atoms with Crippen LogP contribution >= 0.6 is 0 Å². The van der Waals surface area contributed by atoms with E-state index >= 15 is 0 Å². The fourth-order valence-electron chi connectivity index (χ4n) is 8.01. The largest absolute Gasteiger partial charge is 0.456 e. The van der Waals surface area contributed by atoms with E-state index in [1.807, 2.05) is 133 Å². The van der Waals surface area contributed by atoms with Crippen LogP contribution < -0.4 is 0 Å². The summed E-state index contributed by atoms with van der Waals surface area (Å²) < 4.78 is 68.6.